The molecule has 0 radical (unpaired) electrons. The lowest BCUT2D eigenvalue weighted by atomic mass is 10.00. The highest BCUT2D eigenvalue weighted by molar-refractivity contribution is 6.00. The van der Waals surface area contributed by atoms with Gasteiger partial charge in [0.25, 0.3) is 5.91 Å². The maximum absolute atomic E-state index is 13.2. The highest BCUT2D eigenvalue weighted by Crippen LogP contribution is 2.29. The first-order valence-electron chi connectivity index (χ1n) is 13.8. The first-order valence-corrected chi connectivity index (χ1v) is 13.8. The molecule has 12 nitrogen and oxygen atoms in total. The van der Waals surface area contributed by atoms with E-state index in [0.29, 0.717) is 47.8 Å². The molecule has 0 fully saturated rings. The molecule has 5 aromatic rings. The Bertz CT molecular complexity index is 1670. The number of aromatic amines is 1. The van der Waals surface area contributed by atoms with E-state index >= 15 is 0 Å². The molecule has 0 aliphatic heterocycles. The highest BCUT2D eigenvalue weighted by atomic mass is 16.2. The Morgan fingerprint density at radius 2 is 1.95 bits per heavy atom. The number of hydrogen-bond donors (Lipinski definition) is 2. The van der Waals surface area contributed by atoms with Crippen molar-refractivity contribution in [3.05, 3.63) is 71.7 Å². The zero-order valence-corrected chi connectivity index (χ0v) is 23.7. The quantitative estimate of drug-likeness (QED) is 0.232. The van der Waals surface area contributed by atoms with Crippen LogP contribution in [0.25, 0.3) is 22.6 Å². The molecule has 0 aliphatic rings. The summed E-state index contributed by atoms with van der Waals surface area (Å²) in [5.74, 6) is 0.659. The average molecular weight is 555 g/mol. The first kappa shape index (κ1) is 27.7. The molecule has 5 heterocycles. The Kier molecular flexibility index (Phi) is 7.90. The van der Waals surface area contributed by atoms with Crippen LogP contribution in [0.3, 0.4) is 0 Å². The van der Waals surface area contributed by atoms with E-state index in [1.807, 2.05) is 37.1 Å². The number of rotatable bonds is 11. The van der Waals surface area contributed by atoms with Crippen LogP contribution in [0.4, 0.5) is 5.82 Å². The number of hydrogen-bond acceptors (Lipinski definition) is 8. The summed E-state index contributed by atoms with van der Waals surface area (Å²) in [6, 6.07) is 5.44. The van der Waals surface area contributed by atoms with Crippen molar-refractivity contribution < 1.29 is 9.59 Å². The van der Waals surface area contributed by atoms with Crippen molar-refractivity contribution in [2.24, 2.45) is 0 Å². The number of H-pyrrole nitrogens is 1. The van der Waals surface area contributed by atoms with E-state index < -0.39 is 0 Å². The zero-order chi connectivity index (χ0) is 29.1. The van der Waals surface area contributed by atoms with Crippen LogP contribution in [0.5, 0.6) is 0 Å². The van der Waals surface area contributed by atoms with Crippen molar-refractivity contribution in [1.82, 2.24) is 44.5 Å². The van der Waals surface area contributed by atoms with Crippen molar-refractivity contribution >= 4 is 23.2 Å². The van der Waals surface area contributed by atoms with Crippen molar-refractivity contribution in [2.75, 3.05) is 12.3 Å². The lowest BCUT2D eigenvalue weighted by molar-refractivity contribution is 0.0656. The summed E-state index contributed by atoms with van der Waals surface area (Å²) in [5, 5.41) is 15.5. The number of anilines is 1. The predicted octanol–water partition coefficient (Wildman–Crippen LogP) is 4.06. The second kappa shape index (κ2) is 11.7. The molecule has 1 atom stereocenters. The Labute approximate surface area is 237 Å². The maximum Gasteiger partial charge on any atom is 0.272 e. The number of nitrogens with two attached hydrogens (primary N) is 1. The first-order chi connectivity index (χ1) is 19.8. The van der Waals surface area contributed by atoms with Crippen molar-refractivity contribution in [3.8, 4) is 16.9 Å². The molecule has 212 valence electrons. The third-order valence-corrected chi connectivity index (χ3v) is 7.20. The second-order valence-corrected chi connectivity index (χ2v) is 10.1. The van der Waals surface area contributed by atoms with Gasteiger partial charge in [-0.25, -0.2) is 14.6 Å². The molecule has 5 rings (SSSR count). The van der Waals surface area contributed by atoms with Crippen molar-refractivity contribution in [1.29, 1.82) is 0 Å². The molecule has 1 amide bonds. The number of pyridine rings is 1. The largest absolute Gasteiger partial charge is 0.383 e. The number of fused-ring (bicyclic) bond motifs is 1. The minimum atomic E-state index is -0.184. The van der Waals surface area contributed by atoms with Gasteiger partial charge in [-0.15, -0.1) is 0 Å². The minimum absolute atomic E-state index is 0.0585. The SMILES string of the molecule is CCCN(C(=O)c1ccn[nH]1)[C@H](CC)CCc1nc2c(-c3ccc(-n4cc(C)cn4)nc3)cnn2c(N)c1C(C)=O. The summed E-state index contributed by atoms with van der Waals surface area (Å²) in [5.41, 5.74) is 11.0. The summed E-state index contributed by atoms with van der Waals surface area (Å²) < 4.78 is 3.22. The number of nitrogen functional groups attached to an aromatic ring is 1. The van der Waals surface area contributed by atoms with E-state index in [4.69, 9.17) is 10.7 Å². The number of ketones is 1. The summed E-state index contributed by atoms with van der Waals surface area (Å²) >= 11 is 0. The number of carbonyl (C=O) groups is 2. The lowest BCUT2D eigenvalue weighted by Gasteiger charge is -2.31. The van der Waals surface area contributed by atoms with Crippen LogP contribution in [-0.4, -0.2) is 68.7 Å². The third kappa shape index (κ3) is 5.45. The topological polar surface area (TPSA) is 153 Å². The van der Waals surface area contributed by atoms with E-state index in [1.165, 1.54) is 11.4 Å². The summed E-state index contributed by atoms with van der Waals surface area (Å²) in [7, 11) is 0. The zero-order valence-electron chi connectivity index (χ0n) is 23.7. The molecule has 0 aromatic carbocycles. The van der Waals surface area contributed by atoms with Crippen molar-refractivity contribution in [3.63, 3.8) is 0 Å². The van der Waals surface area contributed by atoms with Gasteiger partial charge in [0.05, 0.1) is 23.7 Å². The molecule has 3 N–H and O–H groups in total. The fraction of sp³-hybridized carbons (Fsp3) is 0.345. The minimum Gasteiger partial charge on any atom is -0.383 e. The fourth-order valence-corrected chi connectivity index (χ4v) is 5.15. The molecule has 0 unspecified atom stereocenters. The Hall–Kier alpha value is -4.87. The summed E-state index contributed by atoms with van der Waals surface area (Å²) in [6.07, 6.45) is 11.3. The van der Waals surface area contributed by atoms with Gasteiger partial charge in [-0.1, -0.05) is 13.8 Å². The number of aromatic nitrogens is 8. The Morgan fingerprint density at radius 3 is 2.56 bits per heavy atom. The molecule has 0 saturated heterocycles. The second-order valence-electron chi connectivity index (χ2n) is 10.1. The number of amides is 1. The summed E-state index contributed by atoms with van der Waals surface area (Å²) in [4.78, 5) is 37.3. The van der Waals surface area contributed by atoms with Crippen LogP contribution in [0.15, 0.2) is 49.2 Å². The molecule has 0 bridgehead atoms. The normalized spacial score (nSPS) is 12.1. The van der Waals surface area contributed by atoms with Gasteiger partial charge in [0.15, 0.2) is 17.2 Å². The van der Waals surface area contributed by atoms with Crippen LogP contribution in [0, 0.1) is 6.92 Å². The van der Waals surface area contributed by atoms with E-state index in [2.05, 4.69) is 32.3 Å². The molecule has 5 aromatic heterocycles. The van der Waals surface area contributed by atoms with E-state index in [1.54, 1.807) is 35.5 Å². The van der Waals surface area contributed by atoms with Gasteiger partial charge in [0.1, 0.15) is 11.5 Å². The average Bonchev–Trinajstić information content (AvgIpc) is 3.74. The van der Waals surface area contributed by atoms with Gasteiger partial charge < -0.3 is 10.6 Å². The van der Waals surface area contributed by atoms with Gasteiger partial charge in [0, 0.05) is 42.3 Å². The molecule has 0 spiro atoms. The van der Waals surface area contributed by atoms with E-state index in [9.17, 15) is 9.59 Å². The standard InChI is InChI=1S/C29H34N10O2/c1-5-13-37(29(41)24-11-12-32-36-24)21(6-2)8-9-23-26(19(4)40)27(30)39-28(35-23)22(16-34-39)20-7-10-25(31-15-20)38-17-18(3)14-33-38/h7,10-12,14-17,21H,5-6,8-9,13,30H2,1-4H3,(H,32,36)/t21-/m1/s1. The molecule has 12 heteroatoms. The summed E-state index contributed by atoms with van der Waals surface area (Å²) in [6.45, 7) is 8.16. The Balaban J connectivity index is 1.47. The van der Waals surface area contributed by atoms with Gasteiger partial charge in [-0.05, 0) is 63.3 Å². The molecular formula is C29H34N10O2. The van der Waals surface area contributed by atoms with Crippen LogP contribution >= 0.6 is 0 Å². The van der Waals surface area contributed by atoms with Gasteiger partial charge >= 0.3 is 0 Å². The third-order valence-electron chi connectivity index (χ3n) is 7.20. The number of nitrogens with zero attached hydrogens (tertiary/aromatic N) is 8. The maximum atomic E-state index is 13.2. The van der Waals surface area contributed by atoms with Crippen LogP contribution in [0.1, 0.15) is 72.1 Å². The molecule has 41 heavy (non-hydrogen) atoms. The number of aryl methyl sites for hydroxylation is 2. The molecule has 0 aliphatic carbocycles. The van der Waals surface area contributed by atoms with Crippen LogP contribution in [0.2, 0.25) is 0 Å². The van der Waals surface area contributed by atoms with E-state index in [0.717, 1.165) is 29.5 Å². The van der Waals surface area contributed by atoms with Gasteiger partial charge in [0.2, 0.25) is 0 Å². The monoisotopic (exact) mass is 554 g/mol. The molecule has 0 saturated carbocycles. The fourth-order valence-electron chi connectivity index (χ4n) is 5.15. The van der Waals surface area contributed by atoms with Crippen molar-refractivity contribution in [2.45, 2.75) is 59.4 Å². The predicted molar refractivity (Wildman–Crippen MR) is 155 cm³/mol. The number of Topliss-reactive ketones (excluding diaryl/α,β-unsaturated/α-hetero) is 1. The number of nitrogens with one attached hydrogen (secondary N) is 1. The van der Waals surface area contributed by atoms with Gasteiger partial charge in [-0.2, -0.15) is 19.8 Å². The molecular weight excluding hydrogens is 520 g/mol. The smallest absolute Gasteiger partial charge is 0.272 e. The van der Waals surface area contributed by atoms with Gasteiger partial charge in [-0.3, -0.25) is 14.7 Å². The highest BCUT2D eigenvalue weighted by Gasteiger charge is 2.26. The van der Waals surface area contributed by atoms with E-state index in [-0.39, 0.29) is 23.6 Å². The number of carbonyl (C=O) groups excluding carboxylic acids is 2. The Morgan fingerprint density at radius 1 is 1.12 bits per heavy atom. The van der Waals surface area contributed by atoms with Crippen LogP contribution in [-0.2, 0) is 6.42 Å². The van der Waals surface area contributed by atoms with Crippen LogP contribution < -0.4 is 5.73 Å². The lowest BCUT2D eigenvalue weighted by Crippen LogP contribution is -2.41.